The summed E-state index contributed by atoms with van der Waals surface area (Å²) >= 11 is 1.49. The van der Waals surface area contributed by atoms with Gasteiger partial charge in [-0.15, -0.1) is 11.3 Å². The Balaban J connectivity index is 1.91. The van der Waals surface area contributed by atoms with Crippen molar-refractivity contribution >= 4 is 28.6 Å². The lowest BCUT2D eigenvalue weighted by molar-refractivity contribution is 0.0259. The van der Waals surface area contributed by atoms with Crippen molar-refractivity contribution in [2.75, 3.05) is 31.5 Å². The summed E-state index contributed by atoms with van der Waals surface area (Å²) in [6.07, 6.45) is 2.21. The topological polar surface area (TPSA) is 74.8 Å². The molecule has 1 aromatic heterocycles. The highest BCUT2D eigenvalue weighted by Crippen LogP contribution is 2.30. The molecule has 26 heavy (non-hydrogen) atoms. The molecule has 0 saturated carbocycles. The third kappa shape index (κ3) is 5.86. The van der Waals surface area contributed by atoms with Gasteiger partial charge in [0.05, 0.1) is 0 Å². The molecule has 0 aromatic carbocycles. The summed E-state index contributed by atoms with van der Waals surface area (Å²) in [7, 11) is 0. The molecule has 0 aliphatic carbocycles. The Labute approximate surface area is 159 Å². The standard InChI is InChI=1S/C18H30N4O3S/c1-17(2,3)13-12-19-14(26-13)20-15(23)21-8-7-9-22(11-10-21)16(24)25-18(4,5)6/h12H,7-11H2,1-6H3,(H,19,20,23). The average Bonchev–Trinajstić information content (AvgIpc) is 2.81. The van der Waals surface area contributed by atoms with Gasteiger partial charge in [-0.3, -0.25) is 5.32 Å². The number of thiazole rings is 1. The van der Waals surface area contributed by atoms with E-state index in [1.807, 2.05) is 27.0 Å². The van der Waals surface area contributed by atoms with Crippen LogP contribution in [0.5, 0.6) is 0 Å². The molecule has 0 unspecified atom stereocenters. The minimum absolute atomic E-state index is 0.0111. The van der Waals surface area contributed by atoms with Crippen LogP contribution < -0.4 is 5.32 Å². The fraction of sp³-hybridized carbons (Fsp3) is 0.722. The van der Waals surface area contributed by atoms with Gasteiger partial charge in [0, 0.05) is 37.3 Å². The highest BCUT2D eigenvalue weighted by atomic mass is 32.1. The van der Waals surface area contributed by atoms with E-state index in [4.69, 9.17) is 4.74 Å². The van der Waals surface area contributed by atoms with Gasteiger partial charge >= 0.3 is 12.1 Å². The lowest BCUT2D eigenvalue weighted by Gasteiger charge is -2.26. The quantitative estimate of drug-likeness (QED) is 0.799. The van der Waals surface area contributed by atoms with Gasteiger partial charge < -0.3 is 14.5 Å². The first-order valence-corrected chi connectivity index (χ1v) is 9.77. The molecule has 0 bridgehead atoms. The van der Waals surface area contributed by atoms with E-state index in [1.165, 1.54) is 11.3 Å². The van der Waals surface area contributed by atoms with Crippen molar-refractivity contribution in [1.29, 1.82) is 0 Å². The summed E-state index contributed by atoms with van der Waals surface area (Å²) in [5.74, 6) is 0. The number of ether oxygens (including phenoxy) is 1. The molecule has 146 valence electrons. The van der Waals surface area contributed by atoms with E-state index in [0.29, 0.717) is 31.3 Å². The van der Waals surface area contributed by atoms with E-state index in [1.54, 1.807) is 9.80 Å². The zero-order valence-corrected chi connectivity index (χ0v) is 17.4. The van der Waals surface area contributed by atoms with Gasteiger partial charge in [0.2, 0.25) is 0 Å². The van der Waals surface area contributed by atoms with Crippen molar-refractivity contribution in [3.8, 4) is 0 Å². The maximum absolute atomic E-state index is 12.5. The first-order chi connectivity index (χ1) is 12.0. The van der Waals surface area contributed by atoms with Crippen LogP contribution in [0.1, 0.15) is 52.8 Å². The van der Waals surface area contributed by atoms with Crippen LogP contribution in [0.25, 0.3) is 0 Å². The number of amides is 3. The number of aromatic nitrogens is 1. The molecule has 1 N–H and O–H groups in total. The van der Waals surface area contributed by atoms with Crippen LogP contribution in [0.4, 0.5) is 14.7 Å². The molecule has 0 atom stereocenters. The number of rotatable bonds is 1. The summed E-state index contributed by atoms with van der Waals surface area (Å²) in [5.41, 5.74) is -0.507. The van der Waals surface area contributed by atoms with Gasteiger partial charge in [-0.25, -0.2) is 14.6 Å². The molecule has 3 amide bonds. The molecule has 2 heterocycles. The smallest absolute Gasteiger partial charge is 0.410 e. The summed E-state index contributed by atoms with van der Waals surface area (Å²) in [6, 6.07) is -0.175. The van der Waals surface area contributed by atoms with Crippen LogP contribution in [0.2, 0.25) is 0 Å². The van der Waals surface area contributed by atoms with Gasteiger partial charge in [0.1, 0.15) is 5.60 Å². The normalized spacial score (nSPS) is 16.2. The maximum Gasteiger partial charge on any atom is 0.410 e. The Kier molecular flexibility index (Phi) is 6.16. The molecule has 1 aliphatic heterocycles. The first-order valence-electron chi connectivity index (χ1n) is 8.96. The minimum Gasteiger partial charge on any atom is -0.444 e. The number of nitrogens with zero attached hydrogens (tertiary/aromatic N) is 3. The van der Waals surface area contributed by atoms with Crippen molar-refractivity contribution in [2.45, 2.75) is 59.0 Å². The Hall–Kier alpha value is -1.83. The molecular formula is C18H30N4O3S. The number of urea groups is 1. The number of hydrogen-bond acceptors (Lipinski definition) is 5. The van der Waals surface area contributed by atoms with Gasteiger partial charge in [-0.2, -0.15) is 0 Å². The van der Waals surface area contributed by atoms with Crippen LogP contribution >= 0.6 is 11.3 Å². The molecule has 8 heteroatoms. The minimum atomic E-state index is -0.518. The third-order valence-electron chi connectivity index (χ3n) is 3.89. The summed E-state index contributed by atoms with van der Waals surface area (Å²) in [5, 5.41) is 3.48. The van der Waals surface area contributed by atoms with Crippen molar-refractivity contribution in [1.82, 2.24) is 14.8 Å². The summed E-state index contributed by atoms with van der Waals surface area (Å²) < 4.78 is 5.42. The number of carbonyl (C=O) groups is 2. The highest BCUT2D eigenvalue weighted by Gasteiger charge is 2.26. The lowest BCUT2D eigenvalue weighted by Crippen LogP contribution is -2.41. The van der Waals surface area contributed by atoms with Crippen LogP contribution in [0.15, 0.2) is 6.20 Å². The molecule has 1 aliphatic rings. The van der Waals surface area contributed by atoms with Gasteiger partial charge in [-0.1, -0.05) is 20.8 Å². The Bertz CT molecular complexity index is 646. The fourth-order valence-electron chi connectivity index (χ4n) is 2.48. The molecule has 1 saturated heterocycles. The predicted molar refractivity (Wildman–Crippen MR) is 104 cm³/mol. The zero-order chi connectivity index (χ0) is 19.5. The Morgan fingerprint density at radius 2 is 1.69 bits per heavy atom. The second-order valence-corrected chi connectivity index (χ2v) is 9.55. The maximum atomic E-state index is 12.5. The van der Waals surface area contributed by atoms with Gasteiger partial charge in [0.25, 0.3) is 0 Å². The van der Waals surface area contributed by atoms with E-state index in [2.05, 4.69) is 31.1 Å². The second-order valence-electron chi connectivity index (χ2n) is 8.52. The molecular weight excluding hydrogens is 352 g/mol. The molecule has 0 radical (unpaired) electrons. The van der Waals surface area contributed by atoms with Crippen molar-refractivity contribution in [3.63, 3.8) is 0 Å². The van der Waals surface area contributed by atoms with Gasteiger partial charge in [0.15, 0.2) is 5.13 Å². The van der Waals surface area contributed by atoms with Crippen LogP contribution in [0.3, 0.4) is 0 Å². The van der Waals surface area contributed by atoms with Crippen LogP contribution in [-0.2, 0) is 10.2 Å². The molecule has 7 nitrogen and oxygen atoms in total. The SMILES string of the molecule is CC(C)(C)OC(=O)N1CCCN(C(=O)Nc2ncc(C(C)(C)C)s2)CC1. The molecule has 2 rings (SSSR count). The van der Waals surface area contributed by atoms with Crippen LogP contribution in [-0.4, -0.2) is 58.7 Å². The average molecular weight is 383 g/mol. The fourth-order valence-corrected chi connectivity index (χ4v) is 3.34. The monoisotopic (exact) mass is 382 g/mol. The number of hydrogen-bond donors (Lipinski definition) is 1. The van der Waals surface area contributed by atoms with Crippen LogP contribution in [0, 0.1) is 0 Å². The third-order valence-corrected chi connectivity index (χ3v) is 5.23. The largest absolute Gasteiger partial charge is 0.444 e. The number of carbonyl (C=O) groups excluding carboxylic acids is 2. The summed E-state index contributed by atoms with van der Waals surface area (Å²) in [6.45, 7) is 14.0. The van der Waals surface area contributed by atoms with E-state index < -0.39 is 5.60 Å². The van der Waals surface area contributed by atoms with E-state index >= 15 is 0 Å². The van der Waals surface area contributed by atoms with Crippen molar-refractivity contribution in [3.05, 3.63) is 11.1 Å². The second kappa shape index (κ2) is 7.82. The lowest BCUT2D eigenvalue weighted by atomic mass is 9.96. The predicted octanol–water partition coefficient (Wildman–Crippen LogP) is 3.92. The van der Waals surface area contributed by atoms with E-state index in [9.17, 15) is 9.59 Å². The Morgan fingerprint density at radius 3 is 2.27 bits per heavy atom. The molecule has 1 aromatic rings. The molecule has 1 fully saturated rings. The summed E-state index contributed by atoms with van der Waals surface area (Å²) in [4.78, 5) is 33.6. The van der Waals surface area contributed by atoms with Gasteiger partial charge in [-0.05, 0) is 32.6 Å². The van der Waals surface area contributed by atoms with Crippen molar-refractivity contribution < 1.29 is 14.3 Å². The van der Waals surface area contributed by atoms with Crippen molar-refractivity contribution in [2.24, 2.45) is 0 Å². The first kappa shape index (κ1) is 20.5. The zero-order valence-electron chi connectivity index (χ0n) is 16.6. The van der Waals surface area contributed by atoms with E-state index in [0.717, 1.165) is 11.3 Å². The number of anilines is 1. The molecule has 0 spiro atoms. The number of nitrogens with one attached hydrogen (secondary N) is 1. The Morgan fingerprint density at radius 1 is 1.08 bits per heavy atom. The van der Waals surface area contributed by atoms with E-state index in [-0.39, 0.29) is 17.5 Å². The highest BCUT2D eigenvalue weighted by molar-refractivity contribution is 7.15.